The standard InChI is InChI=1S/C6H15N.C4H11NO/c1-5(2)4-6(3)7;1-4(6)2-3-5/h5-6H,4,7H2,1-3H3;4,6H,2-3,5H2,1H3. The second kappa shape index (κ2) is 9.96. The van der Waals surface area contributed by atoms with E-state index in [1.165, 1.54) is 0 Å². The van der Waals surface area contributed by atoms with Crippen molar-refractivity contribution >= 4 is 0 Å². The summed E-state index contributed by atoms with van der Waals surface area (Å²) in [5.41, 5.74) is 10.6. The Morgan fingerprint density at radius 1 is 1.15 bits per heavy atom. The Labute approximate surface area is 82.5 Å². The molecule has 0 bridgehead atoms. The lowest BCUT2D eigenvalue weighted by Crippen LogP contribution is -2.16. The van der Waals surface area contributed by atoms with Crippen molar-refractivity contribution in [1.82, 2.24) is 0 Å². The van der Waals surface area contributed by atoms with Gasteiger partial charge < -0.3 is 16.6 Å². The Morgan fingerprint density at radius 3 is 1.62 bits per heavy atom. The molecule has 0 aromatic rings. The van der Waals surface area contributed by atoms with E-state index >= 15 is 0 Å². The number of hydrogen-bond donors (Lipinski definition) is 3. The third-order valence-electron chi connectivity index (χ3n) is 1.43. The first-order valence-electron chi connectivity index (χ1n) is 5.03. The van der Waals surface area contributed by atoms with Gasteiger partial charge in [-0.05, 0) is 39.2 Å². The van der Waals surface area contributed by atoms with Gasteiger partial charge in [-0.15, -0.1) is 0 Å². The van der Waals surface area contributed by atoms with Gasteiger partial charge in [0, 0.05) is 6.04 Å². The molecule has 0 heterocycles. The fourth-order valence-electron chi connectivity index (χ4n) is 0.985. The summed E-state index contributed by atoms with van der Waals surface area (Å²) < 4.78 is 0. The third-order valence-corrected chi connectivity index (χ3v) is 1.43. The maximum absolute atomic E-state index is 8.47. The Kier molecular flexibility index (Phi) is 11.8. The van der Waals surface area contributed by atoms with Crippen LogP contribution in [0.2, 0.25) is 0 Å². The van der Waals surface area contributed by atoms with Gasteiger partial charge in [0.15, 0.2) is 0 Å². The van der Waals surface area contributed by atoms with Crippen molar-refractivity contribution in [3.8, 4) is 0 Å². The number of aliphatic hydroxyl groups is 1. The van der Waals surface area contributed by atoms with Gasteiger partial charge in [0.2, 0.25) is 0 Å². The molecule has 3 heteroatoms. The van der Waals surface area contributed by atoms with Crippen molar-refractivity contribution in [2.75, 3.05) is 6.54 Å². The molecule has 0 aliphatic heterocycles. The molecule has 13 heavy (non-hydrogen) atoms. The van der Waals surface area contributed by atoms with Gasteiger partial charge in [-0.2, -0.15) is 0 Å². The zero-order chi connectivity index (χ0) is 10.9. The molecule has 0 radical (unpaired) electrons. The van der Waals surface area contributed by atoms with Crippen LogP contribution in [0.5, 0.6) is 0 Å². The fraction of sp³-hybridized carbons (Fsp3) is 1.00. The van der Waals surface area contributed by atoms with Crippen LogP contribution in [-0.4, -0.2) is 23.8 Å². The Morgan fingerprint density at radius 2 is 1.62 bits per heavy atom. The molecule has 0 aliphatic carbocycles. The lowest BCUT2D eigenvalue weighted by Gasteiger charge is -2.05. The SMILES string of the molecule is CC(C)CC(C)N.CC(O)CCN. The van der Waals surface area contributed by atoms with Crippen LogP contribution < -0.4 is 11.5 Å². The lowest BCUT2D eigenvalue weighted by molar-refractivity contribution is 0.187. The van der Waals surface area contributed by atoms with E-state index in [4.69, 9.17) is 16.6 Å². The largest absolute Gasteiger partial charge is 0.393 e. The maximum atomic E-state index is 8.47. The van der Waals surface area contributed by atoms with Crippen molar-refractivity contribution in [3.05, 3.63) is 0 Å². The van der Waals surface area contributed by atoms with E-state index in [1.807, 2.05) is 6.92 Å². The molecule has 0 amide bonds. The summed E-state index contributed by atoms with van der Waals surface area (Å²) in [6.45, 7) is 8.72. The highest BCUT2D eigenvalue weighted by Gasteiger charge is 1.95. The highest BCUT2D eigenvalue weighted by molar-refractivity contribution is 4.54. The average Bonchev–Trinajstić information content (AvgIpc) is 1.83. The molecule has 0 aromatic carbocycles. The van der Waals surface area contributed by atoms with E-state index in [9.17, 15) is 0 Å². The normalized spacial score (nSPS) is 14.8. The minimum atomic E-state index is -0.227. The minimum absolute atomic E-state index is 0.227. The number of aliphatic hydroxyl groups excluding tert-OH is 1. The Hall–Kier alpha value is -0.120. The summed E-state index contributed by atoms with van der Waals surface area (Å²) in [5, 5.41) is 8.47. The van der Waals surface area contributed by atoms with Crippen LogP contribution in [0.4, 0.5) is 0 Å². The van der Waals surface area contributed by atoms with E-state index in [2.05, 4.69) is 13.8 Å². The van der Waals surface area contributed by atoms with Gasteiger partial charge in [0.1, 0.15) is 0 Å². The van der Waals surface area contributed by atoms with Crippen molar-refractivity contribution < 1.29 is 5.11 Å². The molecular formula is C10H26N2O. The smallest absolute Gasteiger partial charge is 0.0524 e. The van der Waals surface area contributed by atoms with Crippen molar-refractivity contribution in [3.63, 3.8) is 0 Å². The third kappa shape index (κ3) is 24.5. The number of nitrogens with two attached hydrogens (primary N) is 2. The van der Waals surface area contributed by atoms with Crippen LogP contribution in [0.1, 0.15) is 40.5 Å². The average molecular weight is 190 g/mol. The van der Waals surface area contributed by atoms with E-state index in [0.29, 0.717) is 19.0 Å². The Bertz CT molecular complexity index is 86.9. The molecule has 2 unspecified atom stereocenters. The van der Waals surface area contributed by atoms with Gasteiger partial charge >= 0.3 is 0 Å². The second-order valence-electron chi connectivity index (χ2n) is 4.03. The van der Waals surface area contributed by atoms with Crippen LogP contribution in [-0.2, 0) is 0 Å². The second-order valence-corrected chi connectivity index (χ2v) is 4.03. The number of hydrogen-bond acceptors (Lipinski definition) is 3. The summed E-state index contributed by atoms with van der Waals surface area (Å²) in [7, 11) is 0. The molecule has 5 N–H and O–H groups in total. The number of rotatable bonds is 4. The van der Waals surface area contributed by atoms with Crippen LogP contribution in [0, 0.1) is 5.92 Å². The van der Waals surface area contributed by atoms with E-state index in [1.54, 1.807) is 6.92 Å². The van der Waals surface area contributed by atoms with Crippen LogP contribution >= 0.6 is 0 Å². The lowest BCUT2D eigenvalue weighted by atomic mass is 10.1. The quantitative estimate of drug-likeness (QED) is 0.621. The molecule has 0 saturated heterocycles. The zero-order valence-electron chi connectivity index (χ0n) is 9.46. The first-order chi connectivity index (χ1) is 5.90. The van der Waals surface area contributed by atoms with Gasteiger partial charge in [0.05, 0.1) is 6.10 Å². The van der Waals surface area contributed by atoms with Gasteiger partial charge in [-0.1, -0.05) is 13.8 Å². The molecule has 3 nitrogen and oxygen atoms in total. The molecular weight excluding hydrogens is 164 g/mol. The monoisotopic (exact) mass is 190 g/mol. The van der Waals surface area contributed by atoms with E-state index < -0.39 is 0 Å². The van der Waals surface area contributed by atoms with Gasteiger partial charge in [-0.3, -0.25) is 0 Å². The van der Waals surface area contributed by atoms with E-state index in [-0.39, 0.29) is 6.10 Å². The highest BCUT2D eigenvalue weighted by Crippen LogP contribution is 2.00. The van der Waals surface area contributed by atoms with E-state index in [0.717, 1.165) is 12.3 Å². The summed E-state index contributed by atoms with van der Waals surface area (Å²) >= 11 is 0. The summed E-state index contributed by atoms with van der Waals surface area (Å²) in [5.74, 6) is 0.750. The Balaban J connectivity index is 0. The fourth-order valence-corrected chi connectivity index (χ4v) is 0.985. The van der Waals surface area contributed by atoms with Crippen molar-refractivity contribution in [2.45, 2.75) is 52.7 Å². The summed E-state index contributed by atoms with van der Waals surface area (Å²) in [4.78, 5) is 0. The first-order valence-corrected chi connectivity index (χ1v) is 5.03. The van der Waals surface area contributed by atoms with Crippen LogP contribution in [0.3, 0.4) is 0 Å². The molecule has 0 spiro atoms. The molecule has 2 atom stereocenters. The molecule has 0 rings (SSSR count). The topological polar surface area (TPSA) is 72.3 Å². The summed E-state index contributed by atoms with van der Waals surface area (Å²) in [6.07, 6.45) is 1.62. The van der Waals surface area contributed by atoms with Gasteiger partial charge in [-0.25, -0.2) is 0 Å². The highest BCUT2D eigenvalue weighted by atomic mass is 16.3. The van der Waals surface area contributed by atoms with Gasteiger partial charge in [0.25, 0.3) is 0 Å². The molecule has 0 aromatic heterocycles. The maximum Gasteiger partial charge on any atom is 0.0524 e. The van der Waals surface area contributed by atoms with Crippen LogP contribution in [0.25, 0.3) is 0 Å². The predicted octanol–water partition coefficient (Wildman–Crippen LogP) is 1.10. The molecule has 82 valence electrons. The first kappa shape index (κ1) is 15.4. The molecule has 0 aliphatic rings. The predicted molar refractivity (Wildman–Crippen MR) is 58.5 cm³/mol. The minimum Gasteiger partial charge on any atom is -0.393 e. The van der Waals surface area contributed by atoms with Crippen molar-refractivity contribution in [2.24, 2.45) is 17.4 Å². The van der Waals surface area contributed by atoms with Crippen LogP contribution in [0.15, 0.2) is 0 Å². The zero-order valence-corrected chi connectivity index (χ0v) is 9.46. The molecule has 0 fully saturated rings. The molecule has 0 saturated carbocycles. The summed E-state index contributed by atoms with van der Waals surface area (Å²) in [6, 6.07) is 0.375. The van der Waals surface area contributed by atoms with Crippen molar-refractivity contribution in [1.29, 1.82) is 0 Å².